The molecule has 0 radical (unpaired) electrons. The predicted molar refractivity (Wildman–Crippen MR) is 65.2 cm³/mol. The Morgan fingerprint density at radius 3 is 2.56 bits per heavy atom. The van der Waals surface area contributed by atoms with Crippen LogP contribution in [0, 0.1) is 0 Å². The van der Waals surface area contributed by atoms with Gasteiger partial charge in [0.05, 0.1) is 7.11 Å². The topological polar surface area (TPSA) is 81.4 Å². The van der Waals surface area contributed by atoms with E-state index in [4.69, 9.17) is 5.73 Å². The van der Waals surface area contributed by atoms with E-state index in [9.17, 15) is 9.59 Å². The SMILES string of the molecule is COC(=O)C(CSCCC(C)N)NC(C)=O. The molecule has 0 aliphatic carbocycles. The van der Waals surface area contributed by atoms with E-state index in [-0.39, 0.29) is 11.9 Å². The molecule has 0 heterocycles. The van der Waals surface area contributed by atoms with Gasteiger partial charge < -0.3 is 15.8 Å². The second-order valence-corrected chi connectivity index (χ2v) is 4.77. The fraction of sp³-hybridized carbons (Fsp3) is 0.800. The molecule has 1 amide bonds. The Balaban J connectivity index is 3.92. The zero-order valence-electron chi connectivity index (χ0n) is 9.99. The molecule has 0 aromatic carbocycles. The van der Waals surface area contributed by atoms with Crippen molar-refractivity contribution in [1.29, 1.82) is 0 Å². The fourth-order valence-corrected chi connectivity index (χ4v) is 2.19. The van der Waals surface area contributed by atoms with Crippen LogP contribution in [0.1, 0.15) is 20.3 Å². The number of nitrogens with two attached hydrogens (primary N) is 1. The molecular weight excluding hydrogens is 228 g/mol. The molecule has 6 heteroatoms. The van der Waals surface area contributed by atoms with Crippen molar-refractivity contribution in [3.05, 3.63) is 0 Å². The van der Waals surface area contributed by atoms with Crippen molar-refractivity contribution in [3.8, 4) is 0 Å². The molecule has 0 rings (SSSR count). The van der Waals surface area contributed by atoms with E-state index in [1.165, 1.54) is 14.0 Å². The normalized spacial score (nSPS) is 14.0. The van der Waals surface area contributed by atoms with E-state index in [1.54, 1.807) is 11.8 Å². The molecular formula is C10H20N2O3S. The summed E-state index contributed by atoms with van der Waals surface area (Å²) in [5, 5.41) is 2.55. The summed E-state index contributed by atoms with van der Waals surface area (Å²) in [4.78, 5) is 22.2. The van der Waals surface area contributed by atoms with Crippen LogP contribution in [0.25, 0.3) is 0 Å². The second-order valence-electron chi connectivity index (χ2n) is 3.62. The standard InChI is InChI=1S/C10H20N2O3S/c1-7(11)4-5-16-6-9(10(14)15-3)12-8(2)13/h7,9H,4-6,11H2,1-3H3,(H,12,13). The summed E-state index contributed by atoms with van der Waals surface area (Å²) >= 11 is 1.58. The van der Waals surface area contributed by atoms with Crippen molar-refractivity contribution in [2.24, 2.45) is 5.73 Å². The van der Waals surface area contributed by atoms with E-state index in [1.807, 2.05) is 6.92 Å². The average molecular weight is 248 g/mol. The monoisotopic (exact) mass is 248 g/mol. The first-order chi connectivity index (χ1) is 7.47. The Morgan fingerprint density at radius 1 is 1.50 bits per heavy atom. The summed E-state index contributed by atoms with van der Waals surface area (Å²) < 4.78 is 4.60. The molecule has 0 aromatic heterocycles. The van der Waals surface area contributed by atoms with Crippen LogP contribution < -0.4 is 11.1 Å². The minimum absolute atomic E-state index is 0.157. The minimum Gasteiger partial charge on any atom is -0.467 e. The molecule has 0 aliphatic rings. The summed E-state index contributed by atoms with van der Waals surface area (Å²) in [7, 11) is 1.31. The van der Waals surface area contributed by atoms with Crippen LogP contribution in [0.5, 0.6) is 0 Å². The number of esters is 1. The van der Waals surface area contributed by atoms with Gasteiger partial charge in [-0.1, -0.05) is 0 Å². The molecule has 94 valence electrons. The van der Waals surface area contributed by atoms with Gasteiger partial charge in [0.2, 0.25) is 5.91 Å². The van der Waals surface area contributed by atoms with E-state index < -0.39 is 12.0 Å². The van der Waals surface area contributed by atoms with Crippen molar-refractivity contribution < 1.29 is 14.3 Å². The Bertz CT molecular complexity index is 234. The molecule has 3 N–H and O–H groups in total. The maximum Gasteiger partial charge on any atom is 0.329 e. The largest absolute Gasteiger partial charge is 0.467 e. The number of rotatable bonds is 7. The number of methoxy groups -OCH3 is 1. The summed E-state index contributed by atoms with van der Waals surface area (Å²) in [6.07, 6.45) is 0.888. The first-order valence-electron chi connectivity index (χ1n) is 5.15. The van der Waals surface area contributed by atoms with Gasteiger partial charge in [-0.15, -0.1) is 0 Å². The van der Waals surface area contributed by atoms with Gasteiger partial charge in [-0.2, -0.15) is 11.8 Å². The molecule has 2 unspecified atom stereocenters. The van der Waals surface area contributed by atoms with Crippen LogP contribution >= 0.6 is 11.8 Å². The van der Waals surface area contributed by atoms with Gasteiger partial charge in [0, 0.05) is 18.7 Å². The molecule has 5 nitrogen and oxygen atoms in total. The van der Waals surface area contributed by atoms with Crippen LogP contribution in [0.3, 0.4) is 0 Å². The van der Waals surface area contributed by atoms with Crippen molar-refractivity contribution >= 4 is 23.6 Å². The van der Waals surface area contributed by atoms with E-state index in [0.717, 1.165) is 12.2 Å². The highest BCUT2D eigenvalue weighted by molar-refractivity contribution is 7.99. The van der Waals surface area contributed by atoms with Crippen molar-refractivity contribution in [1.82, 2.24) is 5.32 Å². The molecule has 2 atom stereocenters. The van der Waals surface area contributed by atoms with Gasteiger partial charge in [-0.25, -0.2) is 4.79 Å². The third-order valence-corrected chi connectivity index (χ3v) is 2.96. The number of nitrogens with one attached hydrogen (secondary N) is 1. The maximum atomic E-state index is 11.3. The lowest BCUT2D eigenvalue weighted by Gasteiger charge is -2.15. The average Bonchev–Trinajstić information content (AvgIpc) is 2.20. The number of hydrogen-bond acceptors (Lipinski definition) is 5. The highest BCUT2D eigenvalue weighted by Crippen LogP contribution is 2.07. The van der Waals surface area contributed by atoms with E-state index in [2.05, 4.69) is 10.1 Å². The van der Waals surface area contributed by atoms with Crippen molar-refractivity contribution in [2.45, 2.75) is 32.4 Å². The Labute approximate surface area is 100 Å². The number of ether oxygens (including phenoxy) is 1. The van der Waals surface area contributed by atoms with Gasteiger partial charge >= 0.3 is 5.97 Å². The lowest BCUT2D eigenvalue weighted by molar-refractivity contribution is -0.144. The number of carbonyl (C=O) groups is 2. The molecule has 0 spiro atoms. The van der Waals surface area contributed by atoms with Gasteiger partial charge in [0.15, 0.2) is 0 Å². The van der Waals surface area contributed by atoms with Crippen molar-refractivity contribution in [3.63, 3.8) is 0 Å². The Morgan fingerprint density at radius 2 is 2.12 bits per heavy atom. The van der Waals surface area contributed by atoms with Crippen LogP contribution in [-0.4, -0.2) is 42.6 Å². The predicted octanol–water partition coefficient (Wildman–Crippen LogP) is 0.135. The zero-order chi connectivity index (χ0) is 12.6. The first-order valence-corrected chi connectivity index (χ1v) is 6.31. The maximum absolute atomic E-state index is 11.3. The van der Waals surface area contributed by atoms with Gasteiger partial charge in [-0.05, 0) is 19.1 Å². The van der Waals surface area contributed by atoms with Gasteiger partial charge in [0.25, 0.3) is 0 Å². The van der Waals surface area contributed by atoms with Gasteiger partial charge in [-0.3, -0.25) is 4.79 Å². The van der Waals surface area contributed by atoms with Crippen LogP contribution in [-0.2, 0) is 14.3 Å². The smallest absolute Gasteiger partial charge is 0.329 e. The highest BCUT2D eigenvalue weighted by atomic mass is 32.2. The highest BCUT2D eigenvalue weighted by Gasteiger charge is 2.19. The van der Waals surface area contributed by atoms with Gasteiger partial charge in [0.1, 0.15) is 6.04 Å². The molecule has 0 aromatic rings. The lowest BCUT2D eigenvalue weighted by Crippen LogP contribution is -2.42. The summed E-state index contributed by atoms with van der Waals surface area (Å²) in [6.45, 7) is 3.31. The molecule has 0 bridgehead atoms. The number of carbonyl (C=O) groups excluding carboxylic acids is 2. The number of thioether (sulfide) groups is 1. The number of hydrogen-bond donors (Lipinski definition) is 2. The third-order valence-electron chi connectivity index (χ3n) is 1.87. The Kier molecular flexibility index (Phi) is 8.01. The molecule has 16 heavy (non-hydrogen) atoms. The number of amides is 1. The van der Waals surface area contributed by atoms with Crippen LogP contribution in [0.15, 0.2) is 0 Å². The summed E-state index contributed by atoms with van der Waals surface area (Å²) in [6, 6.07) is -0.412. The molecule has 0 fully saturated rings. The Hall–Kier alpha value is -0.750. The quantitative estimate of drug-likeness (QED) is 0.494. The first kappa shape index (κ1) is 15.2. The second kappa shape index (κ2) is 8.41. The third kappa shape index (κ3) is 7.53. The molecule has 0 aliphatic heterocycles. The van der Waals surface area contributed by atoms with E-state index >= 15 is 0 Å². The van der Waals surface area contributed by atoms with E-state index in [0.29, 0.717) is 5.75 Å². The minimum atomic E-state index is -0.569. The summed E-state index contributed by atoms with van der Waals surface area (Å²) in [5.74, 6) is 0.732. The lowest BCUT2D eigenvalue weighted by atomic mass is 10.3. The zero-order valence-corrected chi connectivity index (χ0v) is 10.8. The van der Waals surface area contributed by atoms with Crippen LogP contribution in [0.4, 0.5) is 0 Å². The van der Waals surface area contributed by atoms with Crippen LogP contribution in [0.2, 0.25) is 0 Å². The molecule has 0 saturated heterocycles. The fourth-order valence-electron chi connectivity index (χ4n) is 1.03. The van der Waals surface area contributed by atoms with Crippen molar-refractivity contribution in [2.75, 3.05) is 18.6 Å². The summed E-state index contributed by atoms with van der Waals surface area (Å²) in [5.41, 5.74) is 5.60. The molecule has 0 saturated carbocycles.